The van der Waals surface area contributed by atoms with Crippen molar-refractivity contribution in [1.29, 1.82) is 0 Å². The molecule has 0 unspecified atom stereocenters. The molecule has 1 fully saturated rings. The Kier molecular flexibility index (Phi) is 49.5. The van der Waals surface area contributed by atoms with E-state index >= 15 is 0 Å². The van der Waals surface area contributed by atoms with Crippen LogP contribution >= 0.6 is 0 Å². The summed E-state index contributed by atoms with van der Waals surface area (Å²) < 4.78 is 14.8. The summed E-state index contributed by atoms with van der Waals surface area (Å²) in [5.74, 6) is 0. The number of ether oxygens (including phenoxy) is 3. The van der Waals surface area contributed by atoms with Crippen LogP contribution in [0, 0.1) is 21.3 Å². The summed E-state index contributed by atoms with van der Waals surface area (Å²) in [6, 6.07) is 32.8. The van der Waals surface area contributed by atoms with Crippen molar-refractivity contribution in [3.05, 3.63) is 193 Å². The van der Waals surface area contributed by atoms with E-state index in [-0.39, 0.29) is 14.9 Å². The van der Waals surface area contributed by atoms with Crippen LogP contribution in [-0.2, 0) is 14.2 Å². The third-order valence-corrected chi connectivity index (χ3v) is 5.67. The summed E-state index contributed by atoms with van der Waals surface area (Å²) in [6.45, 7) is 10.7. The zero-order chi connectivity index (χ0) is 32.2. The van der Waals surface area contributed by atoms with E-state index in [1.165, 1.54) is 36.8 Å². The fourth-order valence-electron chi connectivity index (χ4n) is 3.49. The normalized spacial score (nSPS) is 10.8. The molecule has 4 rings (SSSR count). The van der Waals surface area contributed by atoms with Crippen molar-refractivity contribution in [3.63, 3.8) is 0 Å². The molecule has 258 valence electrons. The fourth-order valence-corrected chi connectivity index (χ4v) is 3.49. The Balaban J connectivity index is -0.000000118. The minimum absolute atomic E-state index is 0. The zero-order valence-electron chi connectivity index (χ0n) is 31.0. The molecule has 0 spiro atoms. The summed E-state index contributed by atoms with van der Waals surface area (Å²) in [4.78, 5) is 0. The molecule has 6 heteroatoms. The predicted octanol–water partition coefficient (Wildman–Crippen LogP) is 12.6. The molecule has 3 aromatic carbocycles. The summed E-state index contributed by atoms with van der Waals surface area (Å²) in [7, 11) is 3.25. The van der Waals surface area contributed by atoms with Crippen LogP contribution in [0.25, 0.3) is 11.1 Å². The summed E-state index contributed by atoms with van der Waals surface area (Å²) >= 11 is 0. The molecule has 0 atom stereocenters. The number of hydrogen-bond donors (Lipinski definition) is 0. The molecule has 0 saturated heterocycles. The Hall–Kier alpha value is -7.50. The predicted molar refractivity (Wildman–Crippen MR) is 205 cm³/mol. The van der Waals surface area contributed by atoms with E-state index in [2.05, 4.69) is 84.2 Å². The first-order valence-electron chi connectivity index (χ1n) is 15.1. The van der Waals surface area contributed by atoms with Crippen LogP contribution in [-0.4, -0.2) is 20.3 Å². The summed E-state index contributed by atoms with van der Waals surface area (Å²) in [5, 5.41) is 0. The van der Waals surface area contributed by atoms with Gasteiger partial charge in [0.05, 0.1) is 39.1 Å². The van der Waals surface area contributed by atoms with Gasteiger partial charge in [0.2, 0.25) is 0 Å². The van der Waals surface area contributed by atoms with Gasteiger partial charge in [0, 0.05) is 0 Å². The van der Waals surface area contributed by atoms with Gasteiger partial charge in [-0.1, -0.05) is 115 Å². The molecule has 0 radical (unpaired) electrons. The molecule has 0 N–H and O–H groups in total. The van der Waals surface area contributed by atoms with Crippen LogP contribution in [0.15, 0.2) is 172 Å². The minimum atomic E-state index is 0. The van der Waals surface area contributed by atoms with Crippen molar-refractivity contribution in [2.24, 2.45) is 0 Å². The summed E-state index contributed by atoms with van der Waals surface area (Å²) in [6.07, 6.45) is 26.6. The van der Waals surface area contributed by atoms with Crippen LogP contribution in [0.3, 0.4) is 0 Å². The fraction of sp³-hybridized carbons (Fsp3) is 0.233. The first-order valence-corrected chi connectivity index (χ1v) is 15.1. The zero-order valence-corrected chi connectivity index (χ0v) is 50.2. The van der Waals surface area contributed by atoms with E-state index in [0.717, 1.165) is 19.3 Å². The van der Waals surface area contributed by atoms with E-state index in [9.17, 15) is 0 Å². The Morgan fingerprint density at radius 1 is 0.551 bits per heavy atom. The third-order valence-electron chi connectivity index (χ3n) is 5.67. The van der Waals surface area contributed by atoms with E-state index in [4.69, 9.17) is 4.74 Å². The molecule has 3 nitrogen and oxygen atoms in total. The maximum atomic E-state index is 5.54. The van der Waals surface area contributed by atoms with Gasteiger partial charge in [-0.2, -0.15) is 12.8 Å². The maximum absolute atomic E-state index is 5.54. The average Bonchev–Trinajstić information content (AvgIpc) is 3.10. The van der Waals surface area contributed by atoms with E-state index < -0.39 is 0 Å². The molecule has 0 bridgehead atoms. The van der Waals surface area contributed by atoms with Gasteiger partial charge in [-0.3, -0.25) is 0 Å². The Bertz CT molecular complexity index is 1030. The van der Waals surface area contributed by atoms with Crippen molar-refractivity contribution in [2.45, 2.75) is 51.0 Å². The molecular formula is C43H59O3Rf3-3. The molecule has 0 amide bonds. The van der Waals surface area contributed by atoms with E-state index in [0.29, 0.717) is 6.10 Å². The Morgan fingerprint density at radius 3 is 1.16 bits per heavy atom. The van der Waals surface area contributed by atoms with Gasteiger partial charge in [0.1, 0.15) is 0 Å². The van der Waals surface area contributed by atoms with Crippen LogP contribution in [0.1, 0.15) is 44.9 Å². The van der Waals surface area contributed by atoms with Gasteiger partial charge < -0.3 is 35.5 Å². The van der Waals surface area contributed by atoms with Crippen molar-refractivity contribution in [3.8, 4) is 11.1 Å². The molecule has 0 aromatic heterocycles. The molecule has 1 aliphatic carbocycles. The second-order valence-corrected chi connectivity index (χ2v) is 9.25. The van der Waals surface area contributed by atoms with Crippen molar-refractivity contribution in [1.82, 2.24) is 0 Å². The van der Waals surface area contributed by atoms with Crippen molar-refractivity contribution < 1.29 is 14.2 Å². The van der Waals surface area contributed by atoms with Gasteiger partial charge in [0.15, 0.2) is 0 Å². The second-order valence-electron chi connectivity index (χ2n) is 9.25. The SMILES string of the molecule is C=CCC=COC.C=CCC=COC.C=CCC=COC1CC[CH-]CC1.[CH3-].[CH3-].[Rf].[Rf].[Rf].c1ccc(-c2ccccc2)cc1.c1ccccc1. The second kappa shape index (κ2) is 44.9. The molecule has 49 heavy (non-hydrogen) atoms. The number of allylic oxidation sites excluding steroid dienone is 6. The van der Waals surface area contributed by atoms with Crippen LogP contribution in [0.2, 0.25) is 0 Å². The molecular weight excluding hydrogens is 1370 g/mol. The van der Waals surface area contributed by atoms with E-state index in [1.807, 2.05) is 91.2 Å². The molecule has 1 aliphatic rings. The Labute approximate surface area is 283 Å². The van der Waals surface area contributed by atoms with Gasteiger partial charge in [-0.05, 0) is 61.5 Å². The quantitative estimate of drug-likeness (QED) is 0.109. The number of methoxy groups -OCH3 is 2. The molecule has 1 saturated carbocycles. The first kappa shape index (κ1) is 54.0. The minimum Gasteiger partial charge on any atom is -0.505 e. The first-order chi connectivity index (χ1) is 21.7. The number of rotatable bonds is 11. The van der Waals surface area contributed by atoms with Crippen LogP contribution < -0.4 is 0 Å². The standard InChI is InChI=1S/C12H10.C11H17O.2C6H10O.C6H6.2CH3.3Rf/c1-3-7-11(8-4-1)12-9-5-2-6-10-12;1-2-3-7-10-12-11-8-5-4-6-9-11;2*1-3-4-5-6-7-2;1-2-4-6-5-3-1;;;;;/h1-10H;2,4,7,10-11H,1,3,5-6,8-9H2;2*3,5-6H,1,4H2,2H3;1-6H;2*1H3;;;/q;-1;;;;2*-1;;;. The molecule has 0 aliphatic heterocycles. The van der Waals surface area contributed by atoms with Gasteiger partial charge in [-0.15, -0.1) is 19.7 Å². The average molecular weight is 1420 g/mol. The van der Waals surface area contributed by atoms with Gasteiger partial charge in [-0.25, -0.2) is 0 Å². The Morgan fingerprint density at radius 2 is 0.857 bits per heavy atom. The summed E-state index contributed by atoms with van der Waals surface area (Å²) in [5.41, 5.74) is 2.55. The van der Waals surface area contributed by atoms with Gasteiger partial charge in [0.25, 0.3) is 0 Å². The monoisotopic (exact) mass is 1420 g/mol. The number of hydrogen-bond acceptors (Lipinski definition) is 3. The van der Waals surface area contributed by atoms with E-state index in [1.54, 1.807) is 26.7 Å². The molecule has 3 aromatic rings. The van der Waals surface area contributed by atoms with Crippen LogP contribution in [0.4, 0.5) is 0 Å². The smallest absolute Gasteiger partial charge is 0.0929 e. The van der Waals surface area contributed by atoms with Crippen molar-refractivity contribution in [2.75, 3.05) is 14.2 Å². The van der Waals surface area contributed by atoms with Gasteiger partial charge >= 0.3 is 0 Å². The number of benzene rings is 3. The van der Waals surface area contributed by atoms with Crippen molar-refractivity contribution >= 4 is 0 Å². The topological polar surface area (TPSA) is 27.7 Å². The van der Waals surface area contributed by atoms with Crippen LogP contribution in [0.5, 0.6) is 0 Å². The third kappa shape index (κ3) is 36.6. The largest absolute Gasteiger partial charge is 0.505 e. The molecule has 0 heterocycles. The maximum Gasteiger partial charge on any atom is 0.0929 e.